The summed E-state index contributed by atoms with van der Waals surface area (Å²) < 4.78 is 40.0. The van der Waals surface area contributed by atoms with Crippen molar-refractivity contribution in [2.24, 2.45) is 17.6 Å². The highest BCUT2D eigenvalue weighted by molar-refractivity contribution is 6.03. The van der Waals surface area contributed by atoms with Gasteiger partial charge in [-0.15, -0.1) is 0 Å². The van der Waals surface area contributed by atoms with Crippen molar-refractivity contribution < 1.29 is 18.0 Å². The van der Waals surface area contributed by atoms with Gasteiger partial charge in [0, 0.05) is 60.3 Å². The predicted octanol–water partition coefficient (Wildman–Crippen LogP) is 3.67. The largest absolute Gasteiger partial charge is 0.419 e. The van der Waals surface area contributed by atoms with Crippen LogP contribution in [0, 0.1) is 11.8 Å². The molecule has 6 nitrogen and oxygen atoms in total. The number of nitrogens with two attached hydrogens (primary N) is 1. The second-order valence-electron chi connectivity index (χ2n) is 7.68. The number of anilines is 2. The molecule has 2 N–H and O–H groups in total. The van der Waals surface area contributed by atoms with Crippen LogP contribution < -0.4 is 15.5 Å². The van der Waals surface area contributed by atoms with Gasteiger partial charge < -0.3 is 10.6 Å². The number of rotatable bonds is 3. The Labute approximate surface area is 170 Å². The van der Waals surface area contributed by atoms with Crippen LogP contribution in [-0.2, 0) is 6.18 Å². The standard InChI is InChI=1S/C21H18F3N5O/c22-21(23,24)16-4-2-7-27-19(16)28-10-14-15(11-28)18(14)29(20(25)30)17-5-1-3-12-9-26-8-6-13(12)17/h1-9,14-15,18H,10-11H2,(H2,25,30). The topological polar surface area (TPSA) is 75.4 Å². The summed E-state index contributed by atoms with van der Waals surface area (Å²) in [6.07, 6.45) is 0.269. The molecule has 0 bridgehead atoms. The maximum Gasteiger partial charge on any atom is 0.419 e. The molecule has 1 aliphatic carbocycles. The SMILES string of the molecule is NC(=O)N(c1cccc2cnccc12)C1C2CN(c3ncccc3C(F)(F)F)CC21. The number of piperidine rings is 1. The molecule has 2 amide bonds. The van der Waals surface area contributed by atoms with Crippen LogP contribution in [0.2, 0.25) is 0 Å². The number of carbonyl (C=O) groups is 1. The van der Waals surface area contributed by atoms with Crippen molar-refractivity contribution in [3.63, 3.8) is 0 Å². The van der Waals surface area contributed by atoms with Crippen LogP contribution in [0.3, 0.4) is 0 Å². The van der Waals surface area contributed by atoms with E-state index in [-0.39, 0.29) is 23.7 Å². The van der Waals surface area contributed by atoms with Crippen LogP contribution in [0.1, 0.15) is 5.56 Å². The molecule has 30 heavy (non-hydrogen) atoms. The number of aromatic nitrogens is 2. The summed E-state index contributed by atoms with van der Waals surface area (Å²) in [7, 11) is 0. The first-order valence-corrected chi connectivity index (χ1v) is 9.55. The Morgan fingerprint density at radius 1 is 1.10 bits per heavy atom. The first kappa shape index (κ1) is 18.7. The molecule has 154 valence electrons. The number of alkyl halides is 3. The third-order valence-electron chi connectivity index (χ3n) is 5.99. The number of fused-ring (bicyclic) bond motifs is 2. The van der Waals surface area contributed by atoms with E-state index in [0.717, 1.165) is 16.8 Å². The lowest BCUT2D eigenvalue weighted by Crippen LogP contribution is -2.42. The number of urea groups is 1. The van der Waals surface area contributed by atoms with E-state index >= 15 is 0 Å². The maximum atomic E-state index is 13.3. The number of benzene rings is 1. The minimum atomic E-state index is -4.47. The molecule has 2 aliphatic rings. The second-order valence-corrected chi connectivity index (χ2v) is 7.68. The molecule has 2 atom stereocenters. The monoisotopic (exact) mass is 413 g/mol. The molecule has 3 aromatic rings. The lowest BCUT2D eigenvalue weighted by molar-refractivity contribution is -0.137. The molecule has 1 saturated carbocycles. The zero-order valence-electron chi connectivity index (χ0n) is 15.8. The van der Waals surface area contributed by atoms with Gasteiger partial charge in [-0.3, -0.25) is 9.88 Å². The first-order valence-electron chi connectivity index (χ1n) is 9.55. The minimum absolute atomic E-state index is 0.0395. The van der Waals surface area contributed by atoms with Gasteiger partial charge in [0.2, 0.25) is 0 Å². The molecule has 9 heteroatoms. The molecule has 1 aliphatic heterocycles. The van der Waals surface area contributed by atoms with E-state index < -0.39 is 17.8 Å². The number of pyridine rings is 2. The van der Waals surface area contributed by atoms with Crippen molar-refractivity contribution in [1.82, 2.24) is 9.97 Å². The lowest BCUT2D eigenvalue weighted by atomic mass is 10.1. The summed E-state index contributed by atoms with van der Waals surface area (Å²) in [5.41, 5.74) is 5.68. The summed E-state index contributed by atoms with van der Waals surface area (Å²) in [6, 6.07) is 9.02. The van der Waals surface area contributed by atoms with Gasteiger partial charge in [-0.25, -0.2) is 9.78 Å². The van der Waals surface area contributed by atoms with Gasteiger partial charge >= 0.3 is 12.2 Å². The molecule has 1 saturated heterocycles. The summed E-state index contributed by atoms with van der Waals surface area (Å²) in [5, 5.41) is 1.74. The Morgan fingerprint density at radius 2 is 1.87 bits per heavy atom. The van der Waals surface area contributed by atoms with Crippen LogP contribution >= 0.6 is 0 Å². The van der Waals surface area contributed by atoms with Crippen molar-refractivity contribution in [2.45, 2.75) is 12.2 Å². The molecule has 0 radical (unpaired) electrons. The number of halogens is 3. The first-order chi connectivity index (χ1) is 14.4. The molecule has 2 unspecified atom stereocenters. The van der Waals surface area contributed by atoms with Crippen LogP contribution in [0.4, 0.5) is 29.5 Å². The predicted molar refractivity (Wildman–Crippen MR) is 106 cm³/mol. The Balaban J connectivity index is 1.42. The van der Waals surface area contributed by atoms with Gasteiger partial charge in [0.15, 0.2) is 0 Å². The average Bonchev–Trinajstić information content (AvgIpc) is 3.18. The van der Waals surface area contributed by atoms with Crippen molar-refractivity contribution in [3.05, 3.63) is 60.6 Å². The van der Waals surface area contributed by atoms with Crippen LogP contribution in [0.15, 0.2) is 55.0 Å². The molecule has 3 heterocycles. The highest BCUT2D eigenvalue weighted by Gasteiger charge is 2.60. The minimum Gasteiger partial charge on any atom is -0.355 e. The average molecular weight is 413 g/mol. The molecular formula is C21H18F3N5O. The van der Waals surface area contributed by atoms with E-state index in [1.54, 1.807) is 22.2 Å². The summed E-state index contributed by atoms with van der Waals surface area (Å²) in [5.74, 6) is 0.0215. The molecular weight excluding hydrogens is 395 g/mol. The third-order valence-corrected chi connectivity index (χ3v) is 5.99. The number of nitrogens with zero attached hydrogens (tertiary/aromatic N) is 4. The van der Waals surface area contributed by atoms with Gasteiger partial charge in [-0.05, 0) is 24.3 Å². The summed E-state index contributed by atoms with van der Waals surface area (Å²) in [6.45, 7) is 0.789. The number of amides is 2. The normalized spacial score (nSPS) is 22.8. The summed E-state index contributed by atoms with van der Waals surface area (Å²) >= 11 is 0. The van der Waals surface area contributed by atoms with Crippen molar-refractivity contribution in [3.8, 4) is 0 Å². The van der Waals surface area contributed by atoms with Crippen LogP contribution in [0.5, 0.6) is 0 Å². The Bertz CT molecular complexity index is 1120. The van der Waals surface area contributed by atoms with Gasteiger partial charge in [0.1, 0.15) is 5.82 Å². The van der Waals surface area contributed by atoms with E-state index in [1.807, 2.05) is 24.3 Å². The van der Waals surface area contributed by atoms with E-state index in [1.165, 1.54) is 12.3 Å². The Hall–Kier alpha value is -3.36. The third kappa shape index (κ3) is 2.92. The maximum absolute atomic E-state index is 13.3. The van der Waals surface area contributed by atoms with E-state index in [4.69, 9.17) is 5.73 Å². The van der Waals surface area contributed by atoms with Gasteiger partial charge in [0.05, 0.1) is 11.3 Å². The zero-order valence-corrected chi connectivity index (χ0v) is 15.8. The smallest absolute Gasteiger partial charge is 0.355 e. The Morgan fingerprint density at radius 3 is 2.57 bits per heavy atom. The fourth-order valence-electron chi connectivity index (χ4n) is 4.66. The molecule has 2 fully saturated rings. The van der Waals surface area contributed by atoms with Gasteiger partial charge in [-0.1, -0.05) is 12.1 Å². The highest BCUT2D eigenvalue weighted by Crippen LogP contribution is 2.52. The van der Waals surface area contributed by atoms with Crippen molar-refractivity contribution >= 4 is 28.3 Å². The fourth-order valence-corrected chi connectivity index (χ4v) is 4.66. The van der Waals surface area contributed by atoms with Crippen molar-refractivity contribution in [1.29, 1.82) is 0 Å². The fraction of sp³-hybridized carbons (Fsp3) is 0.286. The van der Waals surface area contributed by atoms with E-state index in [2.05, 4.69) is 9.97 Å². The number of primary amides is 1. The summed E-state index contributed by atoms with van der Waals surface area (Å²) in [4.78, 5) is 23.7. The molecule has 2 aromatic heterocycles. The van der Waals surface area contributed by atoms with E-state index in [0.29, 0.717) is 18.8 Å². The van der Waals surface area contributed by atoms with Crippen LogP contribution in [-0.4, -0.2) is 35.1 Å². The quantitative estimate of drug-likeness (QED) is 0.711. The van der Waals surface area contributed by atoms with Crippen molar-refractivity contribution in [2.75, 3.05) is 22.9 Å². The molecule has 0 spiro atoms. The second kappa shape index (κ2) is 6.58. The molecule has 1 aromatic carbocycles. The number of hydrogen-bond acceptors (Lipinski definition) is 4. The highest BCUT2D eigenvalue weighted by atomic mass is 19.4. The van der Waals surface area contributed by atoms with Crippen LogP contribution in [0.25, 0.3) is 10.8 Å². The lowest BCUT2D eigenvalue weighted by Gasteiger charge is -2.28. The zero-order chi connectivity index (χ0) is 21.0. The number of carbonyl (C=O) groups excluding carboxylic acids is 1. The number of hydrogen-bond donors (Lipinski definition) is 1. The Kier molecular flexibility index (Phi) is 4.09. The van der Waals surface area contributed by atoms with Gasteiger partial charge in [-0.2, -0.15) is 13.2 Å². The van der Waals surface area contributed by atoms with E-state index in [9.17, 15) is 18.0 Å². The van der Waals surface area contributed by atoms with Gasteiger partial charge in [0.25, 0.3) is 0 Å². The molecule has 5 rings (SSSR count).